The van der Waals surface area contributed by atoms with Crippen molar-refractivity contribution in [1.82, 2.24) is 0 Å². The molecule has 0 amide bonds. The minimum atomic E-state index is -0.587. The van der Waals surface area contributed by atoms with Crippen molar-refractivity contribution in [2.45, 2.75) is 30.9 Å². The molecule has 0 aliphatic carbocycles. The summed E-state index contributed by atoms with van der Waals surface area (Å²) in [6.45, 7) is 3.90. The van der Waals surface area contributed by atoms with E-state index in [4.69, 9.17) is 32.7 Å². The molecule has 1 aromatic rings. The standard InChI is InChI=1S/C12H16Cl2O2/c1-8(2)16-11(12(13)14)9-4-6-10(15-3)7-5-9/h4-8,11-12H,1-3H3. The van der Waals surface area contributed by atoms with E-state index < -0.39 is 4.84 Å². The zero-order valence-corrected chi connectivity index (χ0v) is 11.1. The predicted molar refractivity (Wildman–Crippen MR) is 67.5 cm³/mol. The van der Waals surface area contributed by atoms with Crippen LogP contribution in [-0.2, 0) is 4.74 Å². The van der Waals surface area contributed by atoms with Gasteiger partial charge in [0.25, 0.3) is 0 Å². The molecule has 0 saturated heterocycles. The van der Waals surface area contributed by atoms with Gasteiger partial charge in [0.05, 0.1) is 13.2 Å². The summed E-state index contributed by atoms with van der Waals surface area (Å²) in [5.74, 6) is 0.799. The van der Waals surface area contributed by atoms with Gasteiger partial charge in [-0.05, 0) is 31.5 Å². The molecule has 0 radical (unpaired) electrons. The molecule has 1 rings (SSSR count). The van der Waals surface area contributed by atoms with Crippen LogP contribution in [0.25, 0.3) is 0 Å². The summed E-state index contributed by atoms with van der Waals surface area (Å²) in [4.78, 5) is -0.587. The number of alkyl halides is 2. The molecule has 0 aliphatic rings. The zero-order chi connectivity index (χ0) is 12.1. The molecule has 1 aromatic carbocycles. The molecule has 2 nitrogen and oxygen atoms in total. The Balaban J connectivity index is 2.84. The minimum Gasteiger partial charge on any atom is -0.497 e. The van der Waals surface area contributed by atoms with Crippen LogP contribution < -0.4 is 4.74 Å². The average Bonchev–Trinajstić information content (AvgIpc) is 2.25. The highest BCUT2D eigenvalue weighted by atomic mass is 35.5. The van der Waals surface area contributed by atoms with Gasteiger partial charge < -0.3 is 9.47 Å². The van der Waals surface area contributed by atoms with Gasteiger partial charge in [-0.25, -0.2) is 0 Å². The molecule has 0 bridgehead atoms. The third kappa shape index (κ3) is 3.85. The lowest BCUT2D eigenvalue weighted by Crippen LogP contribution is -2.16. The lowest BCUT2D eigenvalue weighted by Gasteiger charge is -2.21. The fourth-order valence-electron chi connectivity index (χ4n) is 1.37. The second kappa shape index (κ2) is 6.33. The van der Waals surface area contributed by atoms with E-state index in [1.54, 1.807) is 7.11 Å². The fraction of sp³-hybridized carbons (Fsp3) is 0.500. The summed E-state index contributed by atoms with van der Waals surface area (Å²) in [5, 5.41) is 0. The van der Waals surface area contributed by atoms with Crippen molar-refractivity contribution in [2.24, 2.45) is 0 Å². The van der Waals surface area contributed by atoms with Gasteiger partial charge in [-0.1, -0.05) is 12.1 Å². The Morgan fingerprint density at radius 1 is 1.06 bits per heavy atom. The Kier molecular flexibility index (Phi) is 5.39. The molecular formula is C12H16Cl2O2. The Bertz CT molecular complexity index is 309. The number of rotatable bonds is 5. The largest absolute Gasteiger partial charge is 0.497 e. The number of halogens is 2. The molecule has 0 saturated carbocycles. The Hall–Kier alpha value is -0.440. The van der Waals surface area contributed by atoms with E-state index in [0.717, 1.165) is 11.3 Å². The molecule has 0 aromatic heterocycles. The summed E-state index contributed by atoms with van der Waals surface area (Å²) < 4.78 is 10.8. The van der Waals surface area contributed by atoms with Gasteiger partial charge in [0.2, 0.25) is 0 Å². The van der Waals surface area contributed by atoms with Crippen LogP contribution in [0.5, 0.6) is 5.75 Å². The number of ether oxygens (including phenoxy) is 2. The third-order valence-electron chi connectivity index (χ3n) is 2.09. The van der Waals surface area contributed by atoms with Crippen LogP contribution >= 0.6 is 23.2 Å². The van der Waals surface area contributed by atoms with E-state index in [9.17, 15) is 0 Å². The first-order valence-electron chi connectivity index (χ1n) is 5.12. The van der Waals surface area contributed by atoms with Crippen LogP contribution in [0.3, 0.4) is 0 Å². The quantitative estimate of drug-likeness (QED) is 0.748. The maximum atomic E-state index is 5.91. The van der Waals surface area contributed by atoms with E-state index >= 15 is 0 Å². The fourth-order valence-corrected chi connectivity index (χ4v) is 1.78. The summed E-state index contributed by atoms with van der Waals surface area (Å²) in [6, 6.07) is 7.54. The summed E-state index contributed by atoms with van der Waals surface area (Å²) >= 11 is 11.8. The topological polar surface area (TPSA) is 18.5 Å². The molecule has 1 atom stereocenters. The molecule has 90 valence electrons. The molecule has 0 N–H and O–H groups in total. The molecular weight excluding hydrogens is 247 g/mol. The summed E-state index contributed by atoms with van der Waals surface area (Å²) in [5.41, 5.74) is 0.949. The molecule has 0 fully saturated rings. The normalized spacial score (nSPS) is 13.2. The minimum absolute atomic E-state index is 0.0760. The predicted octanol–water partition coefficient (Wildman–Crippen LogP) is 3.97. The SMILES string of the molecule is COc1ccc(C(OC(C)C)C(Cl)Cl)cc1. The Morgan fingerprint density at radius 3 is 2.00 bits per heavy atom. The Morgan fingerprint density at radius 2 is 1.62 bits per heavy atom. The van der Waals surface area contributed by atoms with Gasteiger partial charge in [-0.2, -0.15) is 0 Å². The first-order valence-corrected chi connectivity index (χ1v) is 5.99. The monoisotopic (exact) mass is 262 g/mol. The summed E-state index contributed by atoms with van der Waals surface area (Å²) in [6.07, 6.45) is -0.235. The second-order valence-electron chi connectivity index (χ2n) is 3.71. The van der Waals surface area contributed by atoms with Crippen molar-refractivity contribution >= 4 is 23.2 Å². The molecule has 4 heteroatoms. The van der Waals surface area contributed by atoms with E-state index in [-0.39, 0.29) is 12.2 Å². The maximum Gasteiger partial charge on any atom is 0.138 e. The lowest BCUT2D eigenvalue weighted by molar-refractivity contribution is 0.0145. The Labute approximate surface area is 106 Å². The van der Waals surface area contributed by atoms with E-state index in [1.165, 1.54) is 0 Å². The van der Waals surface area contributed by atoms with Gasteiger partial charge in [-0.3, -0.25) is 0 Å². The van der Waals surface area contributed by atoms with Crippen LogP contribution in [-0.4, -0.2) is 18.1 Å². The molecule has 0 aliphatic heterocycles. The van der Waals surface area contributed by atoms with Crippen LogP contribution in [0.4, 0.5) is 0 Å². The molecule has 16 heavy (non-hydrogen) atoms. The van der Waals surface area contributed by atoms with Crippen molar-refractivity contribution in [3.05, 3.63) is 29.8 Å². The number of methoxy groups -OCH3 is 1. The molecule has 0 spiro atoms. The van der Waals surface area contributed by atoms with Crippen molar-refractivity contribution in [1.29, 1.82) is 0 Å². The highest BCUT2D eigenvalue weighted by Crippen LogP contribution is 2.30. The van der Waals surface area contributed by atoms with Crippen molar-refractivity contribution in [2.75, 3.05) is 7.11 Å². The first-order chi connectivity index (χ1) is 7.54. The van der Waals surface area contributed by atoms with E-state index in [2.05, 4.69) is 0 Å². The van der Waals surface area contributed by atoms with Crippen molar-refractivity contribution < 1.29 is 9.47 Å². The second-order valence-corrected chi connectivity index (χ2v) is 4.88. The van der Waals surface area contributed by atoms with Gasteiger partial charge in [0.15, 0.2) is 0 Å². The van der Waals surface area contributed by atoms with Crippen LogP contribution in [0.1, 0.15) is 25.5 Å². The van der Waals surface area contributed by atoms with Gasteiger partial charge >= 0.3 is 0 Å². The lowest BCUT2D eigenvalue weighted by atomic mass is 10.1. The molecule has 0 heterocycles. The van der Waals surface area contributed by atoms with Crippen molar-refractivity contribution in [3.8, 4) is 5.75 Å². The van der Waals surface area contributed by atoms with E-state index in [1.807, 2.05) is 38.1 Å². The zero-order valence-electron chi connectivity index (χ0n) is 9.61. The van der Waals surface area contributed by atoms with E-state index in [0.29, 0.717) is 0 Å². The first kappa shape index (κ1) is 13.6. The van der Waals surface area contributed by atoms with Gasteiger partial charge in [-0.15, -0.1) is 23.2 Å². The highest BCUT2D eigenvalue weighted by Gasteiger charge is 2.21. The summed E-state index contributed by atoms with van der Waals surface area (Å²) in [7, 11) is 1.63. The highest BCUT2D eigenvalue weighted by molar-refractivity contribution is 6.44. The maximum absolute atomic E-state index is 5.91. The number of benzene rings is 1. The van der Waals surface area contributed by atoms with Crippen LogP contribution in [0, 0.1) is 0 Å². The number of hydrogen-bond acceptors (Lipinski definition) is 2. The van der Waals surface area contributed by atoms with Gasteiger partial charge in [0.1, 0.15) is 16.7 Å². The van der Waals surface area contributed by atoms with Crippen molar-refractivity contribution in [3.63, 3.8) is 0 Å². The number of hydrogen-bond donors (Lipinski definition) is 0. The van der Waals surface area contributed by atoms with Crippen LogP contribution in [0.2, 0.25) is 0 Å². The molecule has 1 unspecified atom stereocenters. The van der Waals surface area contributed by atoms with Crippen LogP contribution in [0.15, 0.2) is 24.3 Å². The van der Waals surface area contributed by atoms with Gasteiger partial charge in [0, 0.05) is 0 Å². The third-order valence-corrected chi connectivity index (χ3v) is 2.55. The average molecular weight is 263 g/mol. The smallest absolute Gasteiger partial charge is 0.138 e.